The smallest absolute Gasteiger partial charge is 0.288 e. The minimum atomic E-state index is -0.398. The van der Waals surface area contributed by atoms with E-state index in [1.807, 2.05) is 44.2 Å². The van der Waals surface area contributed by atoms with Gasteiger partial charge in [-0.3, -0.25) is 20.0 Å². The first-order valence-electron chi connectivity index (χ1n) is 7.61. The third-order valence-corrected chi connectivity index (χ3v) is 3.60. The third-order valence-electron chi connectivity index (χ3n) is 3.60. The average Bonchev–Trinajstić information content (AvgIpc) is 3.02. The Morgan fingerprint density at radius 2 is 2.04 bits per heavy atom. The molecule has 2 amide bonds. The SMILES string of the molecule is Cc1ccc([C@H](C)NC(=O)C2=NCC(=O)N(c3ccccc3)N2)o1. The summed E-state index contributed by atoms with van der Waals surface area (Å²) in [7, 11) is 0. The molecule has 2 aromatic rings. The Balaban J connectivity index is 1.70. The number of aryl methyl sites for hydroxylation is 1. The monoisotopic (exact) mass is 326 g/mol. The molecule has 0 aliphatic carbocycles. The largest absolute Gasteiger partial charge is 0.464 e. The van der Waals surface area contributed by atoms with Crippen LogP contribution in [-0.4, -0.2) is 24.2 Å². The minimum Gasteiger partial charge on any atom is -0.464 e. The van der Waals surface area contributed by atoms with Crippen molar-refractivity contribution in [2.24, 2.45) is 4.99 Å². The van der Waals surface area contributed by atoms with Crippen LogP contribution in [0.15, 0.2) is 51.9 Å². The Morgan fingerprint density at radius 3 is 2.71 bits per heavy atom. The summed E-state index contributed by atoms with van der Waals surface area (Å²) in [6, 6.07) is 12.4. The maximum absolute atomic E-state index is 12.4. The van der Waals surface area contributed by atoms with Crippen LogP contribution in [-0.2, 0) is 9.59 Å². The van der Waals surface area contributed by atoms with Gasteiger partial charge in [-0.25, -0.2) is 5.01 Å². The molecule has 1 aromatic carbocycles. The summed E-state index contributed by atoms with van der Waals surface area (Å²) >= 11 is 0. The number of hydrogen-bond acceptors (Lipinski definition) is 5. The number of nitrogens with one attached hydrogen (secondary N) is 2. The van der Waals surface area contributed by atoms with Crippen LogP contribution in [0.25, 0.3) is 0 Å². The Labute approximate surface area is 139 Å². The summed E-state index contributed by atoms with van der Waals surface area (Å²) in [4.78, 5) is 28.4. The normalized spacial score (nSPS) is 15.5. The highest BCUT2D eigenvalue weighted by Crippen LogP contribution is 2.16. The predicted octanol–water partition coefficient (Wildman–Crippen LogP) is 1.72. The molecule has 1 aromatic heterocycles. The molecule has 0 spiro atoms. The first kappa shape index (κ1) is 15.8. The summed E-state index contributed by atoms with van der Waals surface area (Å²) in [5.41, 5.74) is 3.42. The molecule has 1 aliphatic rings. The lowest BCUT2D eigenvalue weighted by atomic mass is 10.2. The van der Waals surface area contributed by atoms with Gasteiger partial charge in [0.15, 0.2) is 0 Å². The van der Waals surface area contributed by atoms with Gasteiger partial charge < -0.3 is 9.73 Å². The van der Waals surface area contributed by atoms with Crippen molar-refractivity contribution >= 4 is 23.3 Å². The molecular weight excluding hydrogens is 308 g/mol. The quantitative estimate of drug-likeness (QED) is 0.895. The summed E-state index contributed by atoms with van der Waals surface area (Å²) in [6.45, 7) is 3.58. The molecule has 2 N–H and O–H groups in total. The maximum Gasteiger partial charge on any atom is 0.288 e. The Morgan fingerprint density at radius 1 is 1.29 bits per heavy atom. The lowest BCUT2D eigenvalue weighted by molar-refractivity contribution is -0.118. The molecule has 7 nitrogen and oxygen atoms in total. The Bertz CT molecular complexity index is 782. The molecule has 3 rings (SSSR count). The number of amidine groups is 1. The van der Waals surface area contributed by atoms with Gasteiger partial charge >= 0.3 is 0 Å². The van der Waals surface area contributed by atoms with E-state index in [-0.39, 0.29) is 24.3 Å². The van der Waals surface area contributed by atoms with E-state index >= 15 is 0 Å². The number of para-hydroxylation sites is 1. The number of nitrogens with zero attached hydrogens (tertiary/aromatic N) is 2. The highest BCUT2D eigenvalue weighted by molar-refractivity contribution is 6.39. The van der Waals surface area contributed by atoms with Gasteiger partial charge in [-0.2, -0.15) is 0 Å². The van der Waals surface area contributed by atoms with Crippen LogP contribution in [0.3, 0.4) is 0 Å². The molecule has 7 heteroatoms. The van der Waals surface area contributed by atoms with Gasteiger partial charge in [-0.05, 0) is 38.1 Å². The number of carbonyl (C=O) groups excluding carboxylic acids is 2. The highest BCUT2D eigenvalue weighted by atomic mass is 16.3. The molecule has 0 fully saturated rings. The first-order valence-corrected chi connectivity index (χ1v) is 7.61. The number of amides is 2. The van der Waals surface area contributed by atoms with Gasteiger partial charge in [-0.15, -0.1) is 0 Å². The van der Waals surface area contributed by atoms with Crippen molar-refractivity contribution in [2.75, 3.05) is 11.6 Å². The summed E-state index contributed by atoms with van der Waals surface area (Å²) in [6.07, 6.45) is 0. The van der Waals surface area contributed by atoms with E-state index < -0.39 is 5.91 Å². The van der Waals surface area contributed by atoms with E-state index in [0.717, 1.165) is 5.76 Å². The number of benzene rings is 1. The molecule has 2 heterocycles. The summed E-state index contributed by atoms with van der Waals surface area (Å²) in [5, 5.41) is 4.13. The average molecular weight is 326 g/mol. The Kier molecular flexibility index (Phi) is 4.33. The molecule has 0 saturated heterocycles. The van der Waals surface area contributed by atoms with Gasteiger partial charge in [0.1, 0.15) is 18.1 Å². The number of hydrazine groups is 1. The topological polar surface area (TPSA) is 86.9 Å². The lowest BCUT2D eigenvalue weighted by Gasteiger charge is -2.28. The number of carbonyl (C=O) groups is 2. The minimum absolute atomic E-state index is 0.0844. The van der Waals surface area contributed by atoms with E-state index in [0.29, 0.717) is 11.4 Å². The second-order valence-corrected chi connectivity index (χ2v) is 5.48. The standard InChI is InChI=1S/C17H18N4O3/c1-11-8-9-14(24-11)12(2)19-17(23)16-18-10-15(22)21(20-16)13-6-4-3-5-7-13/h3-9,12H,10H2,1-2H3,(H,18,20)(H,19,23)/t12-/m0/s1. The Hall–Kier alpha value is -3.09. The zero-order valence-corrected chi connectivity index (χ0v) is 13.4. The van der Waals surface area contributed by atoms with Crippen molar-refractivity contribution in [2.45, 2.75) is 19.9 Å². The van der Waals surface area contributed by atoms with Crippen molar-refractivity contribution < 1.29 is 14.0 Å². The fourth-order valence-electron chi connectivity index (χ4n) is 2.35. The summed E-state index contributed by atoms with van der Waals surface area (Å²) in [5.74, 6) is 0.902. The second-order valence-electron chi connectivity index (χ2n) is 5.48. The molecule has 24 heavy (non-hydrogen) atoms. The lowest BCUT2D eigenvalue weighted by Crippen LogP contribution is -2.55. The van der Waals surface area contributed by atoms with Gasteiger partial charge in [0.05, 0.1) is 11.7 Å². The van der Waals surface area contributed by atoms with Crippen molar-refractivity contribution in [3.05, 3.63) is 54.0 Å². The van der Waals surface area contributed by atoms with Crippen LogP contribution < -0.4 is 15.8 Å². The first-order chi connectivity index (χ1) is 11.5. The van der Waals surface area contributed by atoms with E-state index in [4.69, 9.17) is 4.42 Å². The zero-order valence-electron chi connectivity index (χ0n) is 13.4. The molecule has 0 unspecified atom stereocenters. The fourth-order valence-corrected chi connectivity index (χ4v) is 2.35. The number of rotatable bonds is 4. The maximum atomic E-state index is 12.4. The van der Waals surface area contributed by atoms with Crippen LogP contribution in [0, 0.1) is 6.92 Å². The fraction of sp³-hybridized carbons (Fsp3) is 0.235. The van der Waals surface area contributed by atoms with Gasteiger partial charge in [0, 0.05) is 0 Å². The third kappa shape index (κ3) is 3.29. The van der Waals surface area contributed by atoms with E-state index in [2.05, 4.69) is 15.7 Å². The van der Waals surface area contributed by atoms with Crippen LogP contribution in [0.2, 0.25) is 0 Å². The molecule has 0 bridgehead atoms. The second kappa shape index (κ2) is 6.57. The molecule has 0 saturated carbocycles. The van der Waals surface area contributed by atoms with Crippen LogP contribution in [0.5, 0.6) is 0 Å². The molecule has 1 aliphatic heterocycles. The van der Waals surface area contributed by atoms with Crippen LogP contribution in [0.1, 0.15) is 24.5 Å². The van der Waals surface area contributed by atoms with Crippen molar-refractivity contribution in [1.82, 2.24) is 10.7 Å². The number of furan rings is 1. The van der Waals surface area contributed by atoms with Crippen molar-refractivity contribution in [3.63, 3.8) is 0 Å². The van der Waals surface area contributed by atoms with E-state index in [1.165, 1.54) is 5.01 Å². The predicted molar refractivity (Wildman–Crippen MR) is 89.4 cm³/mol. The molecule has 1 atom stereocenters. The van der Waals surface area contributed by atoms with Crippen molar-refractivity contribution in [3.8, 4) is 0 Å². The van der Waals surface area contributed by atoms with E-state index in [9.17, 15) is 9.59 Å². The van der Waals surface area contributed by atoms with Gasteiger partial charge in [0.25, 0.3) is 11.8 Å². The molecule has 124 valence electrons. The van der Waals surface area contributed by atoms with Crippen LogP contribution in [0.4, 0.5) is 5.69 Å². The summed E-state index contributed by atoms with van der Waals surface area (Å²) < 4.78 is 5.50. The van der Waals surface area contributed by atoms with Gasteiger partial charge in [-0.1, -0.05) is 18.2 Å². The zero-order chi connectivity index (χ0) is 17.1. The van der Waals surface area contributed by atoms with Crippen LogP contribution >= 0.6 is 0 Å². The van der Waals surface area contributed by atoms with E-state index in [1.54, 1.807) is 12.1 Å². The molecule has 0 radical (unpaired) electrons. The molecular formula is C17H18N4O3. The highest BCUT2D eigenvalue weighted by Gasteiger charge is 2.26. The number of anilines is 1. The number of hydrogen-bond donors (Lipinski definition) is 2. The van der Waals surface area contributed by atoms with Crippen molar-refractivity contribution in [1.29, 1.82) is 0 Å². The van der Waals surface area contributed by atoms with Gasteiger partial charge in [0.2, 0.25) is 5.84 Å². The number of aliphatic imine (C=N–C) groups is 1.